The number of rotatable bonds is 1. The Morgan fingerprint density at radius 2 is 2.12 bits per heavy atom. The standard InChI is InChI=1S/C12H20N2OS/c15-12(11-2-1-5-16-11)14-4-3-9-6-13-7-10(9)8-14/h9-11,13H,1-8H2. The van der Waals surface area contributed by atoms with Crippen LogP contribution < -0.4 is 5.32 Å². The Morgan fingerprint density at radius 1 is 1.25 bits per heavy atom. The van der Waals surface area contributed by atoms with Gasteiger partial charge in [0.1, 0.15) is 0 Å². The molecular formula is C12H20N2OS. The molecule has 3 unspecified atom stereocenters. The minimum atomic E-state index is 0.283. The molecule has 1 N–H and O–H groups in total. The van der Waals surface area contributed by atoms with Gasteiger partial charge < -0.3 is 10.2 Å². The molecule has 3 saturated heterocycles. The molecule has 3 fully saturated rings. The topological polar surface area (TPSA) is 32.3 Å². The molecule has 16 heavy (non-hydrogen) atoms. The lowest BCUT2D eigenvalue weighted by atomic mass is 9.88. The van der Waals surface area contributed by atoms with Crippen LogP contribution in [0, 0.1) is 11.8 Å². The monoisotopic (exact) mass is 240 g/mol. The third-order valence-electron chi connectivity index (χ3n) is 4.22. The van der Waals surface area contributed by atoms with Gasteiger partial charge in [0, 0.05) is 13.1 Å². The number of piperidine rings is 1. The SMILES string of the molecule is O=C(C1CCCS1)N1CCC2CNCC2C1. The summed E-state index contributed by atoms with van der Waals surface area (Å²) in [6.45, 7) is 4.30. The van der Waals surface area contributed by atoms with Gasteiger partial charge in [0.25, 0.3) is 0 Å². The van der Waals surface area contributed by atoms with E-state index in [2.05, 4.69) is 10.2 Å². The highest BCUT2D eigenvalue weighted by Crippen LogP contribution is 2.31. The van der Waals surface area contributed by atoms with Crippen LogP contribution in [0.1, 0.15) is 19.3 Å². The van der Waals surface area contributed by atoms with Crippen LogP contribution in [0.2, 0.25) is 0 Å². The van der Waals surface area contributed by atoms with Crippen molar-refractivity contribution in [2.24, 2.45) is 11.8 Å². The number of nitrogens with one attached hydrogen (secondary N) is 1. The summed E-state index contributed by atoms with van der Waals surface area (Å²) in [5.41, 5.74) is 0. The number of thioether (sulfide) groups is 1. The normalized spacial score (nSPS) is 38.8. The molecule has 3 aliphatic heterocycles. The lowest BCUT2D eigenvalue weighted by Gasteiger charge is -2.35. The first-order valence-corrected chi connectivity index (χ1v) is 7.50. The van der Waals surface area contributed by atoms with E-state index in [1.165, 1.54) is 25.1 Å². The molecule has 0 aliphatic carbocycles. The molecule has 0 saturated carbocycles. The maximum atomic E-state index is 12.3. The zero-order valence-electron chi connectivity index (χ0n) is 9.65. The average Bonchev–Trinajstić information content (AvgIpc) is 2.98. The minimum absolute atomic E-state index is 0.283. The molecule has 3 atom stereocenters. The van der Waals surface area contributed by atoms with Crippen molar-refractivity contribution in [3.63, 3.8) is 0 Å². The zero-order chi connectivity index (χ0) is 11.0. The summed E-state index contributed by atoms with van der Waals surface area (Å²) >= 11 is 1.86. The van der Waals surface area contributed by atoms with Gasteiger partial charge in [0.05, 0.1) is 5.25 Å². The number of carbonyl (C=O) groups is 1. The summed E-state index contributed by atoms with van der Waals surface area (Å²) < 4.78 is 0. The number of carbonyl (C=O) groups excluding carboxylic acids is 1. The van der Waals surface area contributed by atoms with E-state index in [4.69, 9.17) is 0 Å². The van der Waals surface area contributed by atoms with E-state index in [-0.39, 0.29) is 5.25 Å². The fourth-order valence-corrected chi connectivity index (χ4v) is 4.45. The zero-order valence-corrected chi connectivity index (χ0v) is 10.5. The summed E-state index contributed by atoms with van der Waals surface area (Å²) in [6.07, 6.45) is 3.54. The van der Waals surface area contributed by atoms with Gasteiger partial charge in [-0.25, -0.2) is 0 Å². The van der Waals surface area contributed by atoms with E-state index < -0.39 is 0 Å². The number of nitrogens with zero attached hydrogens (tertiary/aromatic N) is 1. The van der Waals surface area contributed by atoms with Crippen molar-refractivity contribution in [3.8, 4) is 0 Å². The predicted molar refractivity (Wildman–Crippen MR) is 66.5 cm³/mol. The molecule has 1 amide bonds. The molecule has 0 bridgehead atoms. The van der Waals surface area contributed by atoms with Gasteiger partial charge in [-0.3, -0.25) is 4.79 Å². The summed E-state index contributed by atoms with van der Waals surface area (Å²) in [5.74, 6) is 3.16. The van der Waals surface area contributed by atoms with Crippen molar-refractivity contribution < 1.29 is 4.79 Å². The van der Waals surface area contributed by atoms with E-state index in [0.29, 0.717) is 5.91 Å². The molecule has 3 nitrogen and oxygen atoms in total. The molecule has 0 aromatic rings. The molecule has 0 spiro atoms. The van der Waals surface area contributed by atoms with Gasteiger partial charge in [0.15, 0.2) is 0 Å². The smallest absolute Gasteiger partial charge is 0.235 e. The van der Waals surface area contributed by atoms with Crippen molar-refractivity contribution >= 4 is 17.7 Å². The first kappa shape index (κ1) is 10.9. The van der Waals surface area contributed by atoms with Gasteiger partial charge in [-0.2, -0.15) is 0 Å². The Kier molecular flexibility index (Phi) is 3.11. The second kappa shape index (κ2) is 4.57. The summed E-state index contributed by atoms with van der Waals surface area (Å²) in [7, 11) is 0. The Balaban J connectivity index is 1.60. The molecule has 4 heteroatoms. The van der Waals surface area contributed by atoms with E-state index in [0.717, 1.165) is 37.9 Å². The Labute approximate surface area is 101 Å². The van der Waals surface area contributed by atoms with Crippen LogP contribution in [-0.4, -0.2) is 48.0 Å². The number of fused-ring (bicyclic) bond motifs is 1. The van der Waals surface area contributed by atoms with E-state index in [9.17, 15) is 4.79 Å². The highest BCUT2D eigenvalue weighted by atomic mass is 32.2. The van der Waals surface area contributed by atoms with Crippen LogP contribution in [0.15, 0.2) is 0 Å². The molecule has 3 aliphatic rings. The third-order valence-corrected chi connectivity index (χ3v) is 5.59. The third kappa shape index (κ3) is 1.97. The molecule has 0 aromatic carbocycles. The molecule has 90 valence electrons. The first-order valence-electron chi connectivity index (χ1n) is 6.45. The lowest BCUT2D eigenvalue weighted by molar-refractivity contribution is -0.132. The number of hydrogen-bond donors (Lipinski definition) is 1. The van der Waals surface area contributed by atoms with Crippen molar-refractivity contribution in [1.29, 1.82) is 0 Å². The van der Waals surface area contributed by atoms with Crippen molar-refractivity contribution in [2.75, 3.05) is 31.9 Å². The number of likely N-dealkylation sites (tertiary alicyclic amines) is 1. The quantitative estimate of drug-likeness (QED) is 0.740. The van der Waals surface area contributed by atoms with Crippen LogP contribution >= 0.6 is 11.8 Å². The van der Waals surface area contributed by atoms with Crippen molar-refractivity contribution in [1.82, 2.24) is 10.2 Å². The molecule has 3 rings (SSSR count). The second-order valence-corrected chi connectivity index (χ2v) is 6.56. The summed E-state index contributed by atoms with van der Waals surface area (Å²) in [5, 5.41) is 3.73. The predicted octanol–water partition coefficient (Wildman–Crippen LogP) is 0.950. The van der Waals surface area contributed by atoms with Gasteiger partial charge in [-0.05, 0) is 49.9 Å². The average molecular weight is 240 g/mol. The summed E-state index contributed by atoms with van der Waals surface area (Å²) in [6, 6.07) is 0. The van der Waals surface area contributed by atoms with Crippen LogP contribution in [0.4, 0.5) is 0 Å². The van der Waals surface area contributed by atoms with Crippen LogP contribution in [-0.2, 0) is 4.79 Å². The molecule has 0 aromatic heterocycles. The van der Waals surface area contributed by atoms with Crippen LogP contribution in [0.5, 0.6) is 0 Å². The second-order valence-electron chi connectivity index (χ2n) is 5.25. The van der Waals surface area contributed by atoms with Crippen molar-refractivity contribution in [2.45, 2.75) is 24.5 Å². The Hall–Kier alpha value is -0.220. The molecular weight excluding hydrogens is 220 g/mol. The van der Waals surface area contributed by atoms with Gasteiger partial charge in [-0.15, -0.1) is 11.8 Å². The molecule has 3 heterocycles. The highest BCUT2D eigenvalue weighted by molar-refractivity contribution is 8.00. The van der Waals surface area contributed by atoms with E-state index in [1.54, 1.807) is 0 Å². The Bertz CT molecular complexity index is 278. The van der Waals surface area contributed by atoms with Gasteiger partial charge in [0.2, 0.25) is 5.91 Å². The fraction of sp³-hybridized carbons (Fsp3) is 0.917. The number of amides is 1. The number of hydrogen-bond acceptors (Lipinski definition) is 3. The largest absolute Gasteiger partial charge is 0.341 e. The maximum absolute atomic E-state index is 12.3. The van der Waals surface area contributed by atoms with Gasteiger partial charge >= 0.3 is 0 Å². The van der Waals surface area contributed by atoms with E-state index in [1.807, 2.05) is 11.8 Å². The van der Waals surface area contributed by atoms with E-state index >= 15 is 0 Å². The maximum Gasteiger partial charge on any atom is 0.235 e. The van der Waals surface area contributed by atoms with Gasteiger partial charge in [-0.1, -0.05) is 0 Å². The lowest BCUT2D eigenvalue weighted by Crippen LogP contribution is -2.46. The molecule has 0 radical (unpaired) electrons. The summed E-state index contributed by atoms with van der Waals surface area (Å²) in [4.78, 5) is 14.4. The van der Waals surface area contributed by atoms with Crippen molar-refractivity contribution in [3.05, 3.63) is 0 Å². The first-order chi connectivity index (χ1) is 7.84. The minimum Gasteiger partial charge on any atom is -0.341 e. The van der Waals surface area contributed by atoms with Crippen LogP contribution in [0.25, 0.3) is 0 Å². The highest BCUT2D eigenvalue weighted by Gasteiger charge is 2.36. The fourth-order valence-electron chi connectivity index (χ4n) is 3.21. The van der Waals surface area contributed by atoms with Crippen LogP contribution in [0.3, 0.4) is 0 Å². The Morgan fingerprint density at radius 3 is 2.94 bits per heavy atom.